The Kier molecular flexibility index (Phi) is 2.69. The molecule has 2 aromatic rings. The van der Waals surface area contributed by atoms with Gasteiger partial charge in [-0.25, -0.2) is 14.6 Å². The second kappa shape index (κ2) is 4.16. The number of carbonyl (C=O) groups is 1. The summed E-state index contributed by atoms with van der Waals surface area (Å²) in [4.78, 5) is 31.2. The van der Waals surface area contributed by atoms with Crippen LogP contribution in [-0.2, 0) is 4.74 Å². The number of hydrogen-bond acceptors (Lipinski definition) is 5. The summed E-state index contributed by atoms with van der Waals surface area (Å²) in [6.45, 7) is 1.94. The first-order chi connectivity index (χ1) is 8.10. The van der Waals surface area contributed by atoms with E-state index in [2.05, 4.69) is 20.3 Å². The largest absolute Gasteiger partial charge is 0.450 e. The van der Waals surface area contributed by atoms with E-state index in [1.54, 1.807) is 6.92 Å². The van der Waals surface area contributed by atoms with Crippen molar-refractivity contribution >= 4 is 28.8 Å². The first kappa shape index (κ1) is 11.0. The van der Waals surface area contributed by atoms with Crippen LogP contribution < -0.4 is 16.7 Å². The number of aromatic amines is 2. The summed E-state index contributed by atoms with van der Waals surface area (Å²) in [6, 6.07) is 1.43. The molecule has 17 heavy (non-hydrogen) atoms. The van der Waals surface area contributed by atoms with Gasteiger partial charge in [-0.15, -0.1) is 0 Å². The topological polar surface area (TPSA) is 126 Å². The second-order valence-electron chi connectivity index (χ2n) is 3.24. The molecule has 2 aromatic heterocycles. The Balaban J connectivity index is 2.36. The lowest BCUT2D eigenvalue weighted by Crippen LogP contribution is -2.14. The second-order valence-corrected chi connectivity index (χ2v) is 3.24. The van der Waals surface area contributed by atoms with Crippen LogP contribution in [0.5, 0.6) is 0 Å². The number of fused-ring (bicyclic) bond motifs is 1. The summed E-state index contributed by atoms with van der Waals surface area (Å²) in [5.74, 6) is 0.212. The van der Waals surface area contributed by atoms with E-state index in [4.69, 9.17) is 10.5 Å². The maximum Gasteiger partial charge on any atom is 0.412 e. The summed E-state index contributed by atoms with van der Waals surface area (Å²) in [7, 11) is 0. The molecule has 90 valence electrons. The number of pyridine rings is 1. The number of H-pyrrole nitrogens is 2. The Hall–Kier alpha value is -2.51. The van der Waals surface area contributed by atoms with E-state index < -0.39 is 11.8 Å². The fourth-order valence-electron chi connectivity index (χ4n) is 1.37. The van der Waals surface area contributed by atoms with E-state index in [0.29, 0.717) is 11.2 Å². The third-order valence-corrected chi connectivity index (χ3v) is 2.03. The third kappa shape index (κ3) is 2.19. The summed E-state index contributed by atoms with van der Waals surface area (Å²) in [5.41, 5.74) is 6.28. The molecule has 0 aliphatic heterocycles. The van der Waals surface area contributed by atoms with Gasteiger partial charge in [-0.1, -0.05) is 0 Å². The maximum absolute atomic E-state index is 11.2. The van der Waals surface area contributed by atoms with Crippen molar-refractivity contribution in [3.63, 3.8) is 0 Å². The van der Waals surface area contributed by atoms with Gasteiger partial charge in [-0.2, -0.15) is 0 Å². The van der Waals surface area contributed by atoms with Crippen LogP contribution in [0.25, 0.3) is 11.2 Å². The van der Waals surface area contributed by atoms with Crippen molar-refractivity contribution in [1.82, 2.24) is 15.0 Å². The van der Waals surface area contributed by atoms with Gasteiger partial charge in [-0.05, 0) is 6.92 Å². The van der Waals surface area contributed by atoms with Crippen LogP contribution in [0.1, 0.15) is 6.92 Å². The molecule has 0 unspecified atom stereocenters. The number of nitrogens with zero attached hydrogens (tertiary/aromatic N) is 1. The molecule has 1 amide bonds. The highest BCUT2D eigenvalue weighted by atomic mass is 16.5. The van der Waals surface area contributed by atoms with Gasteiger partial charge in [0.25, 0.3) is 0 Å². The van der Waals surface area contributed by atoms with E-state index in [1.807, 2.05) is 0 Å². The first-order valence-corrected chi connectivity index (χ1v) is 4.92. The lowest BCUT2D eigenvalue weighted by atomic mass is 10.3. The van der Waals surface area contributed by atoms with Crippen molar-refractivity contribution in [2.24, 2.45) is 0 Å². The van der Waals surface area contributed by atoms with Crippen LogP contribution in [0.2, 0.25) is 0 Å². The zero-order valence-corrected chi connectivity index (χ0v) is 9.03. The monoisotopic (exact) mass is 237 g/mol. The number of nitrogens with two attached hydrogens (primary N) is 1. The highest BCUT2D eigenvalue weighted by Crippen LogP contribution is 2.18. The van der Waals surface area contributed by atoms with Crippen molar-refractivity contribution in [3.05, 3.63) is 16.6 Å². The maximum atomic E-state index is 11.2. The molecule has 0 radical (unpaired) electrons. The zero-order valence-electron chi connectivity index (χ0n) is 9.03. The molecule has 2 rings (SSSR count). The average Bonchev–Trinajstić information content (AvgIpc) is 2.59. The molecule has 5 N–H and O–H groups in total. The summed E-state index contributed by atoms with van der Waals surface area (Å²) in [6.07, 6.45) is -0.628. The number of hydrogen-bond donors (Lipinski definition) is 4. The quantitative estimate of drug-likeness (QED) is 0.601. The number of carbonyl (C=O) groups excluding carboxylic acids is 1. The van der Waals surface area contributed by atoms with Gasteiger partial charge in [0, 0.05) is 6.07 Å². The SMILES string of the molecule is CCOC(=O)Nc1cc(N)c2[nH]c(=O)[nH]c2n1. The van der Waals surface area contributed by atoms with Crippen molar-refractivity contribution in [1.29, 1.82) is 0 Å². The smallest absolute Gasteiger partial charge is 0.412 e. The van der Waals surface area contributed by atoms with Gasteiger partial charge < -0.3 is 15.5 Å². The molecular weight excluding hydrogens is 226 g/mol. The van der Waals surface area contributed by atoms with Crippen LogP contribution in [-0.4, -0.2) is 27.7 Å². The number of anilines is 2. The number of ether oxygens (including phenoxy) is 1. The Morgan fingerprint density at radius 2 is 2.35 bits per heavy atom. The van der Waals surface area contributed by atoms with Crippen molar-refractivity contribution < 1.29 is 9.53 Å². The predicted molar refractivity (Wildman–Crippen MR) is 61.8 cm³/mol. The van der Waals surface area contributed by atoms with Crippen LogP contribution in [0.15, 0.2) is 10.9 Å². The van der Waals surface area contributed by atoms with Gasteiger partial charge in [0.05, 0.1) is 12.3 Å². The van der Waals surface area contributed by atoms with Crippen LogP contribution in [0.3, 0.4) is 0 Å². The van der Waals surface area contributed by atoms with Gasteiger partial charge in [-0.3, -0.25) is 10.3 Å². The van der Waals surface area contributed by atoms with E-state index in [9.17, 15) is 9.59 Å². The summed E-state index contributed by atoms with van der Waals surface area (Å²) >= 11 is 0. The number of nitrogens with one attached hydrogen (secondary N) is 3. The fraction of sp³-hybridized carbons (Fsp3) is 0.222. The Bertz CT molecular complexity index is 615. The number of aromatic nitrogens is 3. The molecular formula is C9H11N5O3. The zero-order chi connectivity index (χ0) is 12.4. The molecule has 0 aliphatic rings. The van der Waals surface area contributed by atoms with E-state index in [-0.39, 0.29) is 18.1 Å². The first-order valence-electron chi connectivity index (χ1n) is 4.92. The molecule has 0 saturated carbocycles. The number of rotatable bonds is 2. The van der Waals surface area contributed by atoms with Crippen molar-refractivity contribution in [3.8, 4) is 0 Å². The fourth-order valence-corrected chi connectivity index (χ4v) is 1.37. The van der Waals surface area contributed by atoms with Crippen molar-refractivity contribution in [2.45, 2.75) is 6.92 Å². The molecule has 0 aliphatic carbocycles. The third-order valence-electron chi connectivity index (χ3n) is 2.03. The minimum absolute atomic E-state index is 0.212. The Morgan fingerprint density at radius 1 is 1.59 bits per heavy atom. The lowest BCUT2D eigenvalue weighted by Gasteiger charge is -2.05. The molecule has 0 bridgehead atoms. The molecule has 0 aromatic carbocycles. The summed E-state index contributed by atoms with van der Waals surface area (Å²) < 4.78 is 4.69. The number of nitrogen functional groups attached to an aromatic ring is 1. The van der Waals surface area contributed by atoms with Crippen LogP contribution in [0, 0.1) is 0 Å². The molecule has 0 spiro atoms. The number of imidazole rings is 1. The van der Waals surface area contributed by atoms with Gasteiger partial charge in [0.1, 0.15) is 11.3 Å². The molecule has 8 nitrogen and oxygen atoms in total. The molecule has 0 atom stereocenters. The highest BCUT2D eigenvalue weighted by molar-refractivity contribution is 5.90. The molecule has 0 fully saturated rings. The standard InChI is InChI=1S/C9H11N5O3/c1-2-17-9(16)12-5-3-4(10)6-7(11-5)14-8(15)13-6/h3H,2H2,1H3,(H5,10,11,12,13,14,15,16). The molecule has 8 heteroatoms. The van der Waals surface area contributed by atoms with E-state index >= 15 is 0 Å². The minimum Gasteiger partial charge on any atom is -0.450 e. The summed E-state index contributed by atoms with van der Waals surface area (Å²) in [5, 5.41) is 2.40. The Morgan fingerprint density at radius 3 is 3.06 bits per heavy atom. The molecule has 2 heterocycles. The minimum atomic E-state index is -0.628. The van der Waals surface area contributed by atoms with Crippen LogP contribution >= 0.6 is 0 Å². The van der Waals surface area contributed by atoms with Crippen molar-refractivity contribution in [2.75, 3.05) is 17.7 Å². The van der Waals surface area contributed by atoms with E-state index in [0.717, 1.165) is 0 Å². The van der Waals surface area contributed by atoms with Gasteiger partial charge in [0.2, 0.25) is 0 Å². The average molecular weight is 237 g/mol. The normalized spacial score (nSPS) is 10.4. The highest BCUT2D eigenvalue weighted by Gasteiger charge is 2.09. The Labute approximate surface area is 95.2 Å². The van der Waals surface area contributed by atoms with E-state index in [1.165, 1.54) is 6.07 Å². The molecule has 0 saturated heterocycles. The van der Waals surface area contributed by atoms with Gasteiger partial charge in [0.15, 0.2) is 5.65 Å². The lowest BCUT2D eigenvalue weighted by molar-refractivity contribution is 0.168. The van der Waals surface area contributed by atoms with Gasteiger partial charge >= 0.3 is 11.8 Å². The predicted octanol–water partition coefficient (Wildman–Crippen LogP) is 0.402. The number of amides is 1. The van der Waals surface area contributed by atoms with Crippen LogP contribution in [0.4, 0.5) is 16.3 Å².